The molecule has 1 aromatic rings. The topological polar surface area (TPSA) is 15.3 Å². The molecule has 2 rings (SSSR count). The van der Waals surface area contributed by atoms with Crippen molar-refractivity contribution >= 4 is 0 Å². The Morgan fingerprint density at radius 3 is 2.67 bits per heavy atom. The molecule has 118 valence electrons. The van der Waals surface area contributed by atoms with Crippen molar-refractivity contribution in [3.8, 4) is 0 Å². The first-order valence-corrected chi connectivity index (χ1v) is 8.35. The number of halogens is 1. The molecule has 3 unspecified atom stereocenters. The van der Waals surface area contributed by atoms with Crippen LogP contribution < -0.4 is 5.32 Å². The summed E-state index contributed by atoms with van der Waals surface area (Å²) in [5.74, 6) is -0.0922. The van der Waals surface area contributed by atoms with E-state index in [4.69, 9.17) is 0 Å². The van der Waals surface area contributed by atoms with E-state index >= 15 is 0 Å². The zero-order valence-electron chi connectivity index (χ0n) is 13.6. The molecule has 1 aliphatic carbocycles. The Morgan fingerprint density at radius 1 is 1.24 bits per heavy atom. The van der Waals surface area contributed by atoms with Crippen molar-refractivity contribution in [2.75, 3.05) is 13.6 Å². The van der Waals surface area contributed by atoms with E-state index in [9.17, 15) is 4.39 Å². The second kappa shape index (κ2) is 7.90. The smallest absolute Gasteiger partial charge is 0.127 e. The highest BCUT2D eigenvalue weighted by molar-refractivity contribution is 5.21. The summed E-state index contributed by atoms with van der Waals surface area (Å²) in [5.41, 5.74) is 0.805. The average Bonchev–Trinajstić information content (AvgIpc) is 2.72. The van der Waals surface area contributed by atoms with Crippen molar-refractivity contribution in [2.24, 2.45) is 0 Å². The molecule has 0 bridgehead atoms. The predicted octanol–water partition coefficient (Wildman–Crippen LogP) is 4.13. The zero-order chi connectivity index (χ0) is 15.2. The first-order valence-electron chi connectivity index (χ1n) is 8.35. The van der Waals surface area contributed by atoms with Gasteiger partial charge >= 0.3 is 0 Å². The Balaban J connectivity index is 2.15. The van der Waals surface area contributed by atoms with Gasteiger partial charge in [-0.25, -0.2) is 4.39 Å². The van der Waals surface area contributed by atoms with Gasteiger partial charge in [0.25, 0.3) is 0 Å². The zero-order valence-corrected chi connectivity index (χ0v) is 13.6. The standard InChI is InChI=1S/C18H29FN2/c1-4-20-17-12-6-5-7-13-18(17)21(3)14(2)15-10-8-9-11-16(15)19/h8-11,14,17-18,20H,4-7,12-13H2,1-3H3. The van der Waals surface area contributed by atoms with Crippen molar-refractivity contribution in [3.63, 3.8) is 0 Å². The molecule has 1 aliphatic rings. The molecule has 0 heterocycles. The van der Waals surface area contributed by atoms with Crippen LogP contribution in [-0.2, 0) is 0 Å². The van der Waals surface area contributed by atoms with Crippen molar-refractivity contribution in [3.05, 3.63) is 35.6 Å². The third kappa shape index (κ3) is 4.04. The van der Waals surface area contributed by atoms with E-state index in [1.165, 1.54) is 32.1 Å². The van der Waals surface area contributed by atoms with Crippen LogP contribution in [0, 0.1) is 5.82 Å². The van der Waals surface area contributed by atoms with Crippen LogP contribution in [0.3, 0.4) is 0 Å². The van der Waals surface area contributed by atoms with Gasteiger partial charge in [0.15, 0.2) is 0 Å². The maximum atomic E-state index is 14.1. The first-order chi connectivity index (χ1) is 10.1. The van der Waals surface area contributed by atoms with Crippen LogP contribution in [0.4, 0.5) is 4.39 Å². The monoisotopic (exact) mass is 292 g/mol. The minimum atomic E-state index is -0.0922. The fourth-order valence-corrected chi connectivity index (χ4v) is 3.60. The molecule has 1 aromatic carbocycles. The first kappa shape index (κ1) is 16.4. The summed E-state index contributed by atoms with van der Waals surface area (Å²) in [4.78, 5) is 2.37. The Morgan fingerprint density at radius 2 is 1.95 bits per heavy atom. The fourth-order valence-electron chi connectivity index (χ4n) is 3.60. The van der Waals surface area contributed by atoms with Gasteiger partial charge in [0, 0.05) is 23.7 Å². The Bertz CT molecular complexity index is 435. The maximum Gasteiger partial charge on any atom is 0.127 e. The molecule has 3 heteroatoms. The van der Waals surface area contributed by atoms with E-state index in [0.717, 1.165) is 12.1 Å². The molecular weight excluding hydrogens is 263 g/mol. The van der Waals surface area contributed by atoms with Crippen LogP contribution in [0.5, 0.6) is 0 Å². The normalized spacial score (nSPS) is 24.8. The number of nitrogens with zero attached hydrogens (tertiary/aromatic N) is 1. The van der Waals surface area contributed by atoms with Crippen LogP contribution in [-0.4, -0.2) is 30.6 Å². The lowest BCUT2D eigenvalue weighted by molar-refractivity contribution is 0.137. The molecule has 1 saturated carbocycles. The second-order valence-corrected chi connectivity index (χ2v) is 6.23. The molecule has 3 atom stereocenters. The number of likely N-dealkylation sites (N-methyl/N-ethyl adjacent to an activating group) is 2. The van der Waals surface area contributed by atoms with Crippen LogP contribution in [0.25, 0.3) is 0 Å². The number of nitrogens with one attached hydrogen (secondary N) is 1. The highest BCUT2D eigenvalue weighted by Gasteiger charge is 2.29. The molecule has 1 fully saturated rings. The second-order valence-electron chi connectivity index (χ2n) is 6.23. The molecule has 0 radical (unpaired) electrons. The summed E-state index contributed by atoms with van der Waals surface area (Å²) in [7, 11) is 2.15. The average molecular weight is 292 g/mol. The number of benzene rings is 1. The Hall–Kier alpha value is -0.930. The van der Waals surface area contributed by atoms with E-state index < -0.39 is 0 Å². The summed E-state index contributed by atoms with van der Waals surface area (Å²) >= 11 is 0. The minimum Gasteiger partial charge on any atom is -0.313 e. The molecule has 0 saturated heterocycles. The molecule has 21 heavy (non-hydrogen) atoms. The fraction of sp³-hybridized carbons (Fsp3) is 0.667. The van der Waals surface area contributed by atoms with E-state index in [1.807, 2.05) is 12.1 Å². The van der Waals surface area contributed by atoms with Crippen molar-refractivity contribution in [1.29, 1.82) is 0 Å². The minimum absolute atomic E-state index is 0.0922. The lowest BCUT2D eigenvalue weighted by Gasteiger charge is -2.38. The Kier molecular flexibility index (Phi) is 6.19. The SMILES string of the molecule is CCNC1CCCCCC1N(C)C(C)c1ccccc1F. The highest BCUT2D eigenvalue weighted by Crippen LogP contribution is 2.29. The van der Waals surface area contributed by atoms with Gasteiger partial charge in [0.1, 0.15) is 5.82 Å². The lowest BCUT2D eigenvalue weighted by Crippen LogP contribution is -2.48. The Labute approximate surface area is 128 Å². The van der Waals surface area contributed by atoms with E-state index in [1.54, 1.807) is 12.1 Å². The van der Waals surface area contributed by atoms with Crippen molar-refractivity contribution in [2.45, 2.75) is 64.1 Å². The predicted molar refractivity (Wildman–Crippen MR) is 86.9 cm³/mol. The van der Waals surface area contributed by atoms with E-state index in [0.29, 0.717) is 12.1 Å². The molecule has 0 aromatic heterocycles. The summed E-state index contributed by atoms with van der Waals surface area (Å²) in [6.45, 7) is 5.29. The van der Waals surface area contributed by atoms with Gasteiger partial charge in [-0.15, -0.1) is 0 Å². The van der Waals surface area contributed by atoms with Gasteiger partial charge in [0.2, 0.25) is 0 Å². The van der Waals surface area contributed by atoms with Gasteiger partial charge in [-0.3, -0.25) is 4.90 Å². The summed E-state index contributed by atoms with van der Waals surface area (Å²) < 4.78 is 14.1. The van der Waals surface area contributed by atoms with Gasteiger partial charge < -0.3 is 5.32 Å². The molecule has 0 amide bonds. The van der Waals surface area contributed by atoms with Crippen molar-refractivity contribution in [1.82, 2.24) is 10.2 Å². The molecule has 2 nitrogen and oxygen atoms in total. The maximum absolute atomic E-state index is 14.1. The summed E-state index contributed by atoms with van der Waals surface area (Å²) in [6, 6.07) is 8.29. The number of rotatable bonds is 5. The van der Waals surface area contributed by atoms with Crippen LogP contribution in [0.1, 0.15) is 57.6 Å². The van der Waals surface area contributed by atoms with Gasteiger partial charge in [0.05, 0.1) is 0 Å². The quantitative estimate of drug-likeness (QED) is 0.821. The molecule has 0 aliphatic heterocycles. The molecular formula is C18H29FN2. The third-order valence-electron chi connectivity index (χ3n) is 4.94. The summed E-state index contributed by atoms with van der Waals surface area (Å²) in [5, 5.41) is 3.64. The van der Waals surface area contributed by atoms with E-state index in [2.05, 4.69) is 31.1 Å². The van der Waals surface area contributed by atoms with Crippen LogP contribution in [0.15, 0.2) is 24.3 Å². The lowest BCUT2D eigenvalue weighted by atomic mass is 9.97. The van der Waals surface area contributed by atoms with Crippen LogP contribution in [0.2, 0.25) is 0 Å². The van der Waals surface area contributed by atoms with Crippen LogP contribution >= 0.6 is 0 Å². The van der Waals surface area contributed by atoms with Gasteiger partial charge in [-0.2, -0.15) is 0 Å². The highest BCUT2D eigenvalue weighted by atomic mass is 19.1. The number of hydrogen-bond donors (Lipinski definition) is 1. The van der Waals surface area contributed by atoms with Gasteiger partial charge in [-0.05, 0) is 39.4 Å². The summed E-state index contributed by atoms with van der Waals surface area (Å²) in [6.07, 6.45) is 6.33. The third-order valence-corrected chi connectivity index (χ3v) is 4.94. The van der Waals surface area contributed by atoms with Crippen molar-refractivity contribution < 1.29 is 4.39 Å². The van der Waals surface area contributed by atoms with Gasteiger partial charge in [-0.1, -0.05) is 44.4 Å². The number of hydrogen-bond acceptors (Lipinski definition) is 2. The van der Waals surface area contributed by atoms with E-state index in [-0.39, 0.29) is 11.9 Å². The molecule has 1 N–H and O–H groups in total. The largest absolute Gasteiger partial charge is 0.313 e. The molecule has 0 spiro atoms.